The van der Waals surface area contributed by atoms with Crippen LogP contribution in [0.4, 0.5) is 0 Å². The van der Waals surface area contributed by atoms with E-state index in [9.17, 15) is 9.59 Å². The van der Waals surface area contributed by atoms with E-state index in [2.05, 4.69) is 4.90 Å². The molecule has 1 aliphatic heterocycles. The second-order valence-corrected chi connectivity index (χ2v) is 5.33. The molecule has 0 spiro atoms. The number of morpholine rings is 1. The molecule has 0 radical (unpaired) electrons. The van der Waals surface area contributed by atoms with E-state index in [4.69, 9.17) is 4.74 Å². The Kier molecular flexibility index (Phi) is 3.91. The van der Waals surface area contributed by atoms with Crippen molar-refractivity contribution in [1.29, 1.82) is 0 Å². The van der Waals surface area contributed by atoms with Gasteiger partial charge in [0.05, 0.1) is 12.2 Å². The molecule has 0 aromatic carbocycles. The lowest BCUT2D eigenvalue weighted by atomic mass is 10.2. The van der Waals surface area contributed by atoms with Gasteiger partial charge in [0.15, 0.2) is 0 Å². The number of ether oxygens (including phenoxy) is 1. The Morgan fingerprint density at radius 3 is 2.32 bits per heavy atom. The summed E-state index contributed by atoms with van der Waals surface area (Å²) in [4.78, 5) is 25.8. The molecule has 0 saturated carbocycles. The molecule has 1 saturated heterocycles. The molecule has 1 aromatic rings. The molecule has 106 valence electrons. The molecule has 1 aliphatic rings. The SMILES string of the molecule is C[C@@H]1CN(Cc2cc(=O)n(C)c(=O)n2C)C[C@@H](C)O1. The number of hydrogen-bond acceptors (Lipinski definition) is 4. The summed E-state index contributed by atoms with van der Waals surface area (Å²) in [6, 6.07) is 1.53. The van der Waals surface area contributed by atoms with Crippen LogP contribution in [0.25, 0.3) is 0 Å². The van der Waals surface area contributed by atoms with Crippen molar-refractivity contribution in [2.24, 2.45) is 14.1 Å². The number of nitrogens with zero attached hydrogens (tertiary/aromatic N) is 3. The van der Waals surface area contributed by atoms with Crippen LogP contribution in [-0.4, -0.2) is 39.3 Å². The molecule has 19 heavy (non-hydrogen) atoms. The molecule has 0 bridgehead atoms. The standard InChI is InChI=1S/C13H21N3O3/c1-9-6-16(7-10(2)19-9)8-11-5-12(17)15(4)13(18)14(11)3/h5,9-10H,6-8H2,1-4H3/t9-,10-/m1/s1. The minimum absolute atomic E-state index is 0.173. The fraction of sp³-hybridized carbons (Fsp3) is 0.692. The summed E-state index contributed by atoms with van der Waals surface area (Å²) in [6.07, 6.45) is 0.347. The van der Waals surface area contributed by atoms with Crippen molar-refractivity contribution in [2.45, 2.75) is 32.6 Å². The van der Waals surface area contributed by atoms with Crippen LogP contribution < -0.4 is 11.2 Å². The van der Waals surface area contributed by atoms with Crippen LogP contribution in [-0.2, 0) is 25.4 Å². The summed E-state index contributed by atoms with van der Waals surface area (Å²) in [5.74, 6) is 0. The fourth-order valence-corrected chi connectivity index (χ4v) is 2.57. The van der Waals surface area contributed by atoms with Gasteiger partial charge in [-0.3, -0.25) is 18.8 Å². The molecule has 1 fully saturated rings. The Labute approximate surface area is 112 Å². The average Bonchev–Trinajstić information content (AvgIpc) is 2.32. The van der Waals surface area contributed by atoms with Crippen molar-refractivity contribution in [2.75, 3.05) is 13.1 Å². The van der Waals surface area contributed by atoms with E-state index in [0.717, 1.165) is 23.4 Å². The molecule has 2 rings (SSSR count). The lowest BCUT2D eigenvalue weighted by molar-refractivity contribution is -0.0710. The molecule has 6 heteroatoms. The fourth-order valence-electron chi connectivity index (χ4n) is 2.57. The first-order valence-corrected chi connectivity index (χ1v) is 6.52. The maximum absolute atomic E-state index is 11.9. The maximum atomic E-state index is 11.9. The largest absolute Gasteiger partial charge is 0.373 e. The van der Waals surface area contributed by atoms with Crippen LogP contribution in [0.1, 0.15) is 19.5 Å². The van der Waals surface area contributed by atoms with Gasteiger partial charge in [-0.05, 0) is 13.8 Å². The first-order chi connectivity index (χ1) is 8.88. The zero-order valence-corrected chi connectivity index (χ0v) is 11.9. The average molecular weight is 267 g/mol. The Bertz CT molecular complexity index is 565. The molecule has 0 N–H and O–H groups in total. The van der Waals surface area contributed by atoms with Gasteiger partial charge in [0.25, 0.3) is 5.56 Å². The quantitative estimate of drug-likeness (QED) is 0.738. The van der Waals surface area contributed by atoms with Crippen molar-refractivity contribution >= 4 is 0 Å². The summed E-state index contributed by atoms with van der Waals surface area (Å²) in [7, 11) is 3.19. The Morgan fingerprint density at radius 2 is 1.74 bits per heavy atom. The van der Waals surface area contributed by atoms with E-state index in [0.29, 0.717) is 6.54 Å². The summed E-state index contributed by atoms with van der Waals surface area (Å²) in [6.45, 7) is 6.29. The van der Waals surface area contributed by atoms with Gasteiger partial charge in [0, 0.05) is 45.5 Å². The first kappa shape index (κ1) is 14.0. The predicted molar refractivity (Wildman–Crippen MR) is 72.2 cm³/mol. The normalized spacial score (nSPS) is 24.6. The van der Waals surface area contributed by atoms with Crippen LogP contribution >= 0.6 is 0 Å². The number of hydrogen-bond donors (Lipinski definition) is 0. The van der Waals surface area contributed by atoms with Gasteiger partial charge < -0.3 is 4.74 Å². The highest BCUT2D eigenvalue weighted by molar-refractivity contribution is 5.02. The monoisotopic (exact) mass is 267 g/mol. The summed E-state index contributed by atoms with van der Waals surface area (Å²) < 4.78 is 8.33. The Morgan fingerprint density at radius 1 is 1.16 bits per heavy atom. The summed E-state index contributed by atoms with van der Waals surface area (Å²) in [5.41, 5.74) is 0.207. The molecule has 6 nitrogen and oxygen atoms in total. The molecule has 0 unspecified atom stereocenters. The van der Waals surface area contributed by atoms with Crippen molar-refractivity contribution in [3.63, 3.8) is 0 Å². The third-order valence-electron chi connectivity index (χ3n) is 3.51. The van der Waals surface area contributed by atoms with Gasteiger partial charge in [0.1, 0.15) is 0 Å². The van der Waals surface area contributed by atoms with Gasteiger partial charge in [0.2, 0.25) is 0 Å². The second kappa shape index (κ2) is 5.30. The molecular formula is C13H21N3O3. The van der Waals surface area contributed by atoms with E-state index in [1.54, 1.807) is 7.05 Å². The topological polar surface area (TPSA) is 56.5 Å². The summed E-state index contributed by atoms with van der Waals surface area (Å²) in [5, 5.41) is 0. The minimum atomic E-state index is -0.281. The second-order valence-electron chi connectivity index (χ2n) is 5.33. The zero-order chi connectivity index (χ0) is 14.2. The van der Waals surface area contributed by atoms with E-state index in [1.165, 1.54) is 17.7 Å². The van der Waals surface area contributed by atoms with Crippen molar-refractivity contribution in [3.05, 3.63) is 32.6 Å². The highest BCUT2D eigenvalue weighted by Crippen LogP contribution is 2.12. The minimum Gasteiger partial charge on any atom is -0.373 e. The summed E-state index contributed by atoms with van der Waals surface area (Å²) >= 11 is 0. The third kappa shape index (κ3) is 2.96. The van der Waals surface area contributed by atoms with Crippen molar-refractivity contribution < 1.29 is 4.74 Å². The highest BCUT2D eigenvalue weighted by atomic mass is 16.5. The van der Waals surface area contributed by atoms with Crippen LogP contribution in [0.2, 0.25) is 0 Å². The van der Waals surface area contributed by atoms with E-state index in [1.807, 2.05) is 13.8 Å². The highest BCUT2D eigenvalue weighted by Gasteiger charge is 2.23. The number of rotatable bonds is 2. The van der Waals surface area contributed by atoms with Gasteiger partial charge in [-0.15, -0.1) is 0 Å². The molecular weight excluding hydrogens is 246 g/mol. The van der Waals surface area contributed by atoms with Gasteiger partial charge >= 0.3 is 5.69 Å². The van der Waals surface area contributed by atoms with Gasteiger partial charge in [-0.2, -0.15) is 0 Å². The molecule has 0 amide bonds. The predicted octanol–water partition coefficient (Wildman–Crippen LogP) is -0.307. The van der Waals surface area contributed by atoms with E-state index in [-0.39, 0.29) is 23.5 Å². The van der Waals surface area contributed by atoms with Crippen LogP contribution in [0.3, 0.4) is 0 Å². The van der Waals surface area contributed by atoms with E-state index < -0.39 is 0 Å². The molecule has 0 aliphatic carbocycles. The van der Waals surface area contributed by atoms with Crippen molar-refractivity contribution in [1.82, 2.24) is 14.0 Å². The maximum Gasteiger partial charge on any atom is 0.330 e. The van der Waals surface area contributed by atoms with Crippen LogP contribution in [0, 0.1) is 0 Å². The third-order valence-corrected chi connectivity index (χ3v) is 3.51. The molecule has 1 aromatic heterocycles. The number of aromatic nitrogens is 2. The van der Waals surface area contributed by atoms with Crippen molar-refractivity contribution in [3.8, 4) is 0 Å². The first-order valence-electron chi connectivity index (χ1n) is 6.52. The zero-order valence-electron chi connectivity index (χ0n) is 11.9. The lowest BCUT2D eigenvalue weighted by Crippen LogP contribution is -2.46. The van der Waals surface area contributed by atoms with Gasteiger partial charge in [-0.1, -0.05) is 0 Å². The Hall–Kier alpha value is -1.40. The van der Waals surface area contributed by atoms with Gasteiger partial charge in [-0.25, -0.2) is 4.79 Å². The van der Waals surface area contributed by atoms with E-state index >= 15 is 0 Å². The molecule has 2 atom stereocenters. The lowest BCUT2D eigenvalue weighted by Gasteiger charge is -2.35. The molecule has 2 heterocycles. The van der Waals surface area contributed by atoms with Crippen LogP contribution in [0.5, 0.6) is 0 Å². The Balaban J connectivity index is 2.24. The van der Waals surface area contributed by atoms with Crippen LogP contribution in [0.15, 0.2) is 15.7 Å². The smallest absolute Gasteiger partial charge is 0.330 e.